The first-order valence-corrected chi connectivity index (χ1v) is 12.1. The van der Waals surface area contributed by atoms with Crippen molar-refractivity contribution in [3.63, 3.8) is 0 Å². The highest BCUT2D eigenvalue weighted by molar-refractivity contribution is 7.99. The number of anilines is 1. The Morgan fingerprint density at radius 1 is 1.12 bits per heavy atom. The molecule has 8 heteroatoms. The fourth-order valence-electron chi connectivity index (χ4n) is 3.72. The fourth-order valence-corrected chi connectivity index (χ4v) is 4.27. The molecule has 33 heavy (non-hydrogen) atoms. The number of carbonyl (C=O) groups excluding carboxylic acids is 1. The van der Waals surface area contributed by atoms with Crippen molar-refractivity contribution < 1.29 is 14.3 Å². The van der Waals surface area contributed by atoms with Gasteiger partial charge in [0.1, 0.15) is 18.4 Å². The van der Waals surface area contributed by atoms with E-state index >= 15 is 0 Å². The number of nitrogens with one attached hydrogen (secondary N) is 1. The molecule has 1 aliphatic heterocycles. The number of aromatic nitrogens is 3. The van der Waals surface area contributed by atoms with Gasteiger partial charge in [-0.1, -0.05) is 74.1 Å². The number of hydrogen-bond donors (Lipinski definition) is 1. The smallest absolute Gasteiger partial charge is 0.338 e. The van der Waals surface area contributed by atoms with Crippen LogP contribution in [0.5, 0.6) is 5.75 Å². The van der Waals surface area contributed by atoms with Crippen LogP contribution in [0.3, 0.4) is 0 Å². The van der Waals surface area contributed by atoms with Gasteiger partial charge in [0.2, 0.25) is 11.1 Å². The Bertz CT molecular complexity index is 1140. The van der Waals surface area contributed by atoms with E-state index in [-0.39, 0.29) is 5.97 Å². The number of nitrogens with zero attached hydrogens (tertiary/aromatic N) is 3. The Morgan fingerprint density at radius 3 is 2.64 bits per heavy atom. The zero-order valence-corrected chi connectivity index (χ0v) is 19.9. The van der Waals surface area contributed by atoms with Crippen LogP contribution in [0.4, 0.5) is 5.95 Å². The minimum atomic E-state index is -0.517. The van der Waals surface area contributed by atoms with Crippen LogP contribution in [0.2, 0.25) is 0 Å². The van der Waals surface area contributed by atoms with E-state index in [0.29, 0.717) is 41.3 Å². The number of carbonyl (C=O) groups is 1. The number of benzene rings is 2. The van der Waals surface area contributed by atoms with Crippen molar-refractivity contribution in [2.24, 2.45) is 0 Å². The molecule has 3 aromatic rings. The third kappa shape index (κ3) is 5.06. The summed E-state index contributed by atoms with van der Waals surface area (Å²) in [6.45, 7) is 6.67. The molecule has 0 bridgehead atoms. The molecule has 0 saturated heterocycles. The Hall–Kier alpha value is -3.26. The van der Waals surface area contributed by atoms with Crippen molar-refractivity contribution in [1.82, 2.24) is 14.8 Å². The Morgan fingerprint density at radius 2 is 1.88 bits per heavy atom. The Balaban J connectivity index is 1.76. The quantitative estimate of drug-likeness (QED) is 0.344. The maximum absolute atomic E-state index is 13.2. The van der Waals surface area contributed by atoms with E-state index in [1.54, 1.807) is 16.4 Å². The third-order valence-electron chi connectivity index (χ3n) is 5.21. The summed E-state index contributed by atoms with van der Waals surface area (Å²) in [7, 11) is 0. The van der Waals surface area contributed by atoms with E-state index < -0.39 is 6.04 Å². The lowest BCUT2D eigenvalue weighted by atomic mass is 9.95. The van der Waals surface area contributed by atoms with Crippen molar-refractivity contribution in [3.05, 3.63) is 77.0 Å². The van der Waals surface area contributed by atoms with Gasteiger partial charge in [0.25, 0.3) is 0 Å². The molecule has 0 spiro atoms. The van der Waals surface area contributed by atoms with E-state index in [2.05, 4.69) is 17.2 Å². The summed E-state index contributed by atoms with van der Waals surface area (Å²) in [4.78, 5) is 17.8. The van der Waals surface area contributed by atoms with E-state index in [4.69, 9.17) is 14.6 Å². The molecule has 0 fully saturated rings. The molecule has 7 nitrogen and oxygen atoms in total. The van der Waals surface area contributed by atoms with Gasteiger partial charge in [-0.25, -0.2) is 9.48 Å². The summed E-state index contributed by atoms with van der Waals surface area (Å²) >= 11 is 1.55. The van der Waals surface area contributed by atoms with Crippen molar-refractivity contribution >= 4 is 23.7 Å². The van der Waals surface area contributed by atoms with Gasteiger partial charge in [-0.15, -0.1) is 5.10 Å². The Kier molecular flexibility index (Phi) is 7.34. The molecule has 172 valence electrons. The number of rotatable bonds is 9. The molecule has 1 unspecified atom stereocenters. The summed E-state index contributed by atoms with van der Waals surface area (Å²) in [6.07, 6.45) is 0.749. The predicted octanol–water partition coefficient (Wildman–Crippen LogP) is 5.21. The molecule has 2 aromatic carbocycles. The first-order valence-electron chi connectivity index (χ1n) is 11.1. The highest BCUT2D eigenvalue weighted by Gasteiger charge is 2.36. The van der Waals surface area contributed by atoms with Crippen LogP contribution in [0, 0.1) is 0 Å². The average Bonchev–Trinajstić information content (AvgIpc) is 3.23. The van der Waals surface area contributed by atoms with E-state index in [9.17, 15) is 4.79 Å². The van der Waals surface area contributed by atoms with Crippen LogP contribution >= 0.6 is 11.8 Å². The lowest BCUT2D eigenvalue weighted by Gasteiger charge is -2.29. The van der Waals surface area contributed by atoms with Crippen LogP contribution in [0.25, 0.3) is 0 Å². The lowest BCUT2D eigenvalue weighted by Crippen LogP contribution is -2.30. The van der Waals surface area contributed by atoms with Gasteiger partial charge in [0, 0.05) is 11.3 Å². The molecule has 0 saturated carbocycles. The first kappa shape index (κ1) is 22.9. The SMILES string of the molecule is CCCOC(=O)C1=C(C)Nc2nc(SCC)nn2C1c1ccccc1OCc1ccccc1. The van der Waals surface area contributed by atoms with Crippen molar-refractivity contribution in [2.45, 2.75) is 45.0 Å². The number of allylic oxidation sites excluding steroid dienone is 1. The zero-order valence-electron chi connectivity index (χ0n) is 19.1. The maximum Gasteiger partial charge on any atom is 0.338 e. The number of ether oxygens (including phenoxy) is 2. The minimum Gasteiger partial charge on any atom is -0.489 e. The van der Waals surface area contributed by atoms with Crippen molar-refractivity contribution in [3.8, 4) is 5.75 Å². The van der Waals surface area contributed by atoms with Gasteiger partial charge in [-0.2, -0.15) is 4.98 Å². The molecule has 1 aromatic heterocycles. The predicted molar refractivity (Wildman–Crippen MR) is 129 cm³/mol. The second-order valence-corrected chi connectivity index (χ2v) is 8.84. The zero-order chi connectivity index (χ0) is 23.2. The second kappa shape index (κ2) is 10.6. The second-order valence-electron chi connectivity index (χ2n) is 7.61. The standard InChI is InChI=1S/C25H28N4O3S/c1-4-15-31-23(30)21-17(3)26-24-27-25(33-5-2)28-29(24)22(21)19-13-9-10-14-20(19)32-16-18-11-7-6-8-12-18/h6-14,22H,4-5,15-16H2,1-3H3,(H,26,27,28). The molecular formula is C25H28N4O3S. The maximum atomic E-state index is 13.2. The third-order valence-corrected chi connectivity index (χ3v) is 5.93. The van der Waals surface area contributed by atoms with E-state index in [0.717, 1.165) is 23.3 Å². The molecule has 0 aliphatic carbocycles. The number of hydrogen-bond acceptors (Lipinski definition) is 7. The van der Waals surface area contributed by atoms with E-state index in [1.807, 2.05) is 68.4 Å². The lowest BCUT2D eigenvalue weighted by molar-refractivity contribution is -0.139. The highest BCUT2D eigenvalue weighted by Crippen LogP contribution is 2.40. The summed E-state index contributed by atoms with van der Waals surface area (Å²) < 4.78 is 13.5. The fraction of sp³-hybridized carbons (Fsp3) is 0.320. The average molecular weight is 465 g/mol. The number of para-hydroxylation sites is 1. The van der Waals surface area contributed by atoms with Gasteiger partial charge in [0.05, 0.1) is 12.2 Å². The van der Waals surface area contributed by atoms with Gasteiger partial charge < -0.3 is 14.8 Å². The van der Waals surface area contributed by atoms with Crippen LogP contribution < -0.4 is 10.1 Å². The monoisotopic (exact) mass is 464 g/mol. The van der Waals surface area contributed by atoms with Gasteiger partial charge in [-0.3, -0.25) is 0 Å². The molecule has 1 atom stereocenters. The molecule has 0 amide bonds. The normalized spacial score (nSPS) is 15.1. The molecule has 0 radical (unpaired) electrons. The van der Waals surface area contributed by atoms with Crippen LogP contribution in [-0.4, -0.2) is 33.1 Å². The van der Waals surface area contributed by atoms with Crippen molar-refractivity contribution in [1.29, 1.82) is 0 Å². The van der Waals surface area contributed by atoms with Gasteiger partial charge >= 0.3 is 5.97 Å². The van der Waals surface area contributed by atoms with E-state index in [1.165, 1.54) is 0 Å². The molecule has 2 heterocycles. The van der Waals surface area contributed by atoms with Crippen LogP contribution in [0.15, 0.2) is 71.0 Å². The number of fused-ring (bicyclic) bond motifs is 1. The van der Waals surface area contributed by atoms with Gasteiger partial charge in [0.15, 0.2) is 0 Å². The first-order chi connectivity index (χ1) is 16.1. The van der Waals surface area contributed by atoms with Crippen LogP contribution in [-0.2, 0) is 16.1 Å². The molecular weight excluding hydrogens is 436 g/mol. The highest BCUT2D eigenvalue weighted by atomic mass is 32.2. The summed E-state index contributed by atoms with van der Waals surface area (Å²) in [5.41, 5.74) is 3.10. The number of esters is 1. The molecule has 4 rings (SSSR count). The minimum absolute atomic E-state index is 0.357. The van der Waals surface area contributed by atoms with Crippen molar-refractivity contribution in [2.75, 3.05) is 17.7 Å². The summed E-state index contributed by atoms with van der Waals surface area (Å²) in [5, 5.41) is 8.61. The summed E-state index contributed by atoms with van der Waals surface area (Å²) in [6, 6.07) is 17.2. The topological polar surface area (TPSA) is 78.3 Å². The van der Waals surface area contributed by atoms with Crippen LogP contribution in [0.1, 0.15) is 44.4 Å². The Labute approximate surface area is 198 Å². The molecule has 1 aliphatic rings. The molecule has 1 N–H and O–H groups in total. The number of thioether (sulfide) groups is 1. The largest absolute Gasteiger partial charge is 0.489 e. The van der Waals surface area contributed by atoms with Gasteiger partial charge in [-0.05, 0) is 30.7 Å². The summed E-state index contributed by atoms with van der Waals surface area (Å²) in [5.74, 6) is 1.77.